The summed E-state index contributed by atoms with van der Waals surface area (Å²) in [5, 5.41) is 3.09. The molecule has 0 spiro atoms. The van der Waals surface area contributed by atoms with Gasteiger partial charge in [-0.05, 0) is 6.42 Å². The highest BCUT2D eigenvalue weighted by Crippen LogP contribution is 2.10. The Morgan fingerprint density at radius 1 is 1.39 bits per heavy atom. The van der Waals surface area contributed by atoms with Crippen LogP contribution in [0.4, 0.5) is 0 Å². The summed E-state index contributed by atoms with van der Waals surface area (Å²) < 4.78 is 27.3. The molecular formula is C10H22N4O3S. The summed E-state index contributed by atoms with van der Waals surface area (Å²) in [6, 6.07) is 0. The van der Waals surface area contributed by atoms with Crippen LogP contribution in [0.3, 0.4) is 0 Å². The molecule has 1 saturated heterocycles. The number of primary amides is 1. The summed E-state index contributed by atoms with van der Waals surface area (Å²) >= 11 is 0. The topological polar surface area (TPSA) is 95.7 Å². The van der Waals surface area contributed by atoms with Crippen LogP contribution in [0, 0.1) is 0 Å². The number of hydrogen-bond acceptors (Lipinski definition) is 4. The van der Waals surface area contributed by atoms with Crippen molar-refractivity contribution in [1.29, 1.82) is 0 Å². The minimum Gasteiger partial charge on any atom is -0.369 e. The molecule has 0 aromatic rings. The maximum Gasteiger partial charge on any atom is 0.282 e. The molecule has 18 heavy (non-hydrogen) atoms. The Balaban J connectivity index is 2.76. The van der Waals surface area contributed by atoms with Crippen LogP contribution in [0.15, 0.2) is 0 Å². The number of carbonyl (C=O) groups excluding carboxylic acids is 1. The third-order valence-electron chi connectivity index (χ3n) is 2.82. The molecule has 1 fully saturated rings. The molecule has 0 atom stereocenters. The first kappa shape index (κ1) is 15.4. The number of nitrogens with one attached hydrogen (secondary N) is 1. The van der Waals surface area contributed by atoms with Gasteiger partial charge in [0.2, 0.25) is 5.91 Å². The molecule has 3 N–H and O–H groups in total. The smallest absolute Gasteiger partial charge is 0.282 e. The largest absolute Gasteiger partial charge is 0.369 e. The quantitative estimate of drug-likeness (QED) is 0.606. The van der Waals surface area contributed by atoms with Crippen LogP contribution < -0.4 is 11.1 Å². The lowest BCUT2D eigenvalue weighted by atomic mass is 10.3. The van der Waals surface area contributed by atoms with E-state index in [1.165, 1.54) is 8.61 Å². The first-order valence-corrected chi connectivity index (χ1v) is 7.62. The number of unbranched alkanes of at least 4 members (excludes halogenated alkanes) is 1. The van der Waals surface area contributed by atoms with E-state index in [9.17, 15) is 13.2 Å². The van der Waals surface area contributed by atoms with Crippen LogP contribution in [0.2, 0.25) is 0 Å². The van der Waals surface area contributed by atoms with E-state index in [1.807, 2.05) is 6.92 Å². The molecule has 0 unspecified atom stereocenters. The van der Waals surface area contributed by atoms with E-state index >= 15 is 0 Å². The van der Waals surface area contributed by atoms with E-state index in [4.69, 9.17) is 5.73 Å². The van der Waals surface area contributed by atoms with Crippen LogP contribution in [-0.4, -0.2) is 62.2 Å². The van der Waals surface area contributed by atoms with Gasteiger partial charge in [-0.25, -0.2) is 0 Å². The van der Waals surface area contributed by atoms with Crippen molar-refractivity contribution in [3.8, 4) is 0 Å². The van der Waals surface area contributed by atoms with Crippen molar-refractivity contribution in [3.63, 3.8) is 0 Å². The lowest BCUT2D eigenvalue weighted by Crippen LogP contribution is -2.53. The van der Waals surface area contributed by atoms with Gasteiger partial charge < -0.3 is 11.1 Å². The maximum absolute atomic E-state index is 12.3. The second-order valence-electron chi connectivity index (χ2n) is 4.31. The van der Waals surface area contributed by atoms with Gasteiger partial charge in [-0.3, -0.25) is 4.79 Å². The van der Waals surface area contributed by atoms with Crippen molar-refractivity contribution in [2.45, 2.75) is 19.8 Å². The standard InChI is InChI=1S/C10H22N4O3S/c1-2-3-6-14(9-10(11)15)18(16,17)13-7-4-12-5-8-13/h12H,2-9H2,1H3,(H2,11,15). The van der Waals surface area contributed by atoms with E-state index in [-0.39, 0.29) is 6.54 Å². The number of rotatable bonds is 7. The van der Waals surface area contributed by atoms with Gasteiger partial charge in [-0.15, -0.1) is 0 Å². The first-order valence-electron chi connectivity index (χ1n) is 6.22. The van der Waals surface area contributed by atoms with E-state index in [1.54, 1.807) is 0 Å². The summed E-state index contributed by atoms with van der Waals surface area (Å²) in [4.78, 5) is 11.0. The van der Waals surface area contributed by atoms with Gasteiger partial charge in [-0.1, -0.05) is 13.3 Å². The predicted molar refractivity (Wildman–Crippen MR) is 69.0 cm³/mol. The lowest BCUT2D eigenvalue weighted by molar-refractivity contribution is -0.118. The number of nitrogens with two attached hydrogens (primary N) is 1. The average molecular weight is 278 g/mol. The minimum absolute atomic E-state index is 0.244. The van der Waals surface area contributed by atoms with Gasteiger partial charge >= 0.3 is 0 Å². The molecule has 0 aromatic heterocycles. The highest BCUT2D eigenvalue weighted by Gasteiger charge is 2.30. The van der Waals surface area contributed by atoms with Crippen molar-refractivity contribution < 1.29 is 13.2 Å². The van der Waals surface area contributed by atoms with Crippen LogP contribution in [0.25, 0.3) is 0 Å². The number of nitrogens with zero attached hydrogens (tertiary/aromatic N) is 2. The Kier molecular flexibility index (Phi) is 6.00. The third-order valence-corrected chi connectivity index (χ3v) is 4.80. The average Bonchev–Trinajstić information content (AvgIpc) is 2.35. The summed E-state index contributed by atoms with van der Waals surface area (Å²) in [5.41, 5.74) is 5.12. The first-order chi connectivity index (χ1) is 8.48. The normalized spacial score (nSPS) is 18.1. The zero-order valence-electron chi connectivity index (χ0n) is 10.8. The molecule has 0 saturated carbocycles. The molecule has 1 aliphatic rings. The number of hydrogen-bond donors (Lipinski definition) is 2. The fourth-order valence-corrected chi connectivity index (χ4v) is 3.44. The predicted octanol–water partition coefficient (Wildman–Crippen LogP) is -1.28. The molecule has 0 radical (unpaired) electrons. The lowest BCUT2D eigenvalue weighted by Gasteiger charge is -2.31. The van der Waals surface area contributed by atoms with Crippen molar-refractivity contribution in [3.05, 3.63) is 0 Å². The van der Waals surface area contributed by atoms with Gasteiger partial charge in [0, 0.05) is 32.7 Å². The van der Waals surface area contributed by atoms with Gasteiger partial charge in [0.25, 0.3) is 10.2 Å². The Morgan fingerprint density at radius 3 is 2.50 bits per heavy atom. The van der Waals surface area contributed by atoms with Crippen LogP contribution in [0.5, 0.6) is 0 Å². The monoisotopic (exact) mass is 278 g/mol. The fourth-order valence-electron chi connectivity index (χ4n) is 1.82. The molecule has 8 heteroatoms. The zero-order valence-corrected chi connectivity index (χ0v) is 11.6. The molecule has 7 nitrogen and oxygen atoms in total. The Hall–Kier alpha value is -0.700. The number of piperazine rings is 1. The van der Waals surface area contributed by atoms with E-state index in [0.29, 0.717) is 32.7 Å². The second kappa shape index (κ2) is 7.03. The van der Waals surface area contributed by atoms with Gasteiger partial charge in [0.1, 0.15) is 0 Å². The summed E-state index contributed by atoms with van der Waals surface area (Å²) in [6.07, 6.45) is 1.59. The third kappa shape index (κ3) is 4.20. The number of amides is 1. The second-order valence-corrected chi connectivity index (χ2v) is 6.24. The fraction of sp³-hybridized carbons (Fsp3) is 0.900. The summed E-state index contributed by atoms with van der Waals surface area (Å²) in [5.74, 6) is -0.621. The highest BCUT2D eigenvalue weighted by molar-refractivity contribution is 7.86. The molecule has 1 amide bonds. The van der Waals surface area contributed by atoms with Crippen LogP contribution in [-0.2, 0) is 15.0 Å². The van der Waals surface area contributed by atoms with Crippen LogP contribution >= 0.6 is 0 Å². The van der Waals surface area contributed by atoms with E-state index in [0.717, 1.165) is 12.8 Å². The van der Waals surface area contributed by atoms with Crippen LogP contribution in [0.1, 0.15) is 19.8 Å². The Morgan fingerprint density at radius 2 is 2.00 bits per heavy atom. The Bertz CT molecular complexity index is 365. The molecular weight excluding hydrogens is 256 g/mol. The van der Waals surface area contributed by atoms with Crippen molar-refractivity contribution in [2.75, 3.05) is 39.3 Å². The summed E-state index contributed by atoms with van der Waals surface area (Å²) in [6.45, 7) is 4.21. The van der Waals surface area contributed by atoms with Crippen molar-refractivity contribution >= 4 is 16.1 Å². The molecule has 1 aliphatic heterocycles. The zero-order chi connectivity index (χ0) is 13.6. The Labute approximate surface area is 108 Å². The molecule has 0 aromatic carbocycles. The maximum atomic E-state index is 12.3. The van der Waals surface area contributed by atoms with Gasteiger partial charge in [0.05, 0.1) is 6.54 Å². The SMILES string of the molecule is CCCCN(CC(N)=O)S(=O)(=O)N1CCNCC1. The van der Waals surface area contributed by atoms with Gasteiger partial charge in [0.15, 0.2) is 0 Å². The molecule has 1 heterocycles. The number of carbonyl (C=O) groups is 1. The van der Waals surface area contributed by atoms with E-state index in [2.05, 4.69) is 5.32 Å². The molecule has 0 bridgehead atoms. The molecule has 0 aliphatic carbocycles. The van der Waals surface area contributed by atoms with Crippen molar-refractivity contribution in [2.24, 2.45) is 5.73 Å². The highest BCUT2D eigenvalue weighted by atomic mass is 32.2. The molecule has 106 valence electrons. The van der Waals surface area contributed by atoms with E-state index < -0.39 is 16.1 Å². The van der Waals surface area contributed by atoms with Crippen molar-refractivity contribution in [1.82, 2.24) is 13.9 Å². The minimum atomic E-state index is -3.57. The molecule has 1 rings (SSSR count). The summed E-state index contributed by atoms with van der Waals surface area (Å²) in [7, 11) is -3.57. The van der Waals surface area contributed by atoms with Gasteiger partial charge in [-0.2, -0.15) is 17.0 Å².